The summed E-state index contributed by atoms with van der Waals surface area (Å²) in [6.07, 6.45) is -0.601. The summed E-state index contributed by atoms with van der Waals surface area (Å²) in [6, 6.07) is 4.64. The van der Waals surface area contributed by atoms with Crippen LogP contribution in [0.15, 0.2) is 24.3 Å². The van der Waals surface area contributed by atoms with E-state index in [4.69, 9.17) is 9.47 Å². The Bertz CT molecular complexity index is 622. The maximum atomic E-state index is 12.5. The lowest BCUT2D eigenvalue weighted by Crippen LogP contribution is -2.38. The zero-order valence-electron chi connectivity index (χ0n) is 14.8. The first-order valence-corrected chi connectivity index (χ1v) is 9.00. The molecule has 4 nitrogen and oxygen atoms in total. The summed E-state index contributed by atoms with van der Waals surface area (Å²) in [6.45, 7) is 3.02. The Morgan fingerprint density at radius 3 is 2.50 bits per heavy atom. The number of ether oxygens (including phenoxy) is 2. The third-order valence-corrected chi connectivity index (χ3v) is 5.12. The quantitative estimate of drug-likeness (QED) is 0.878. The van der Waals surface area contributed by atoms with Crippen molar-refractivity contribution in [3.8, 4) is 0 Å². The Labute approximate surface area is 151 Å². The number of nitrogens with one attached hydrogen (secondary N) is 1. The minimum Gasteiger partial charge on any atom is -0.353 e. The number of hydrogen-bond acceptors (Lipinski definition) is 3. The second kappa shape index (κ2) is 7.56. The van der Waals surface area contributed by atoms with E-state index in [9.17, 15) is 18.0 Å². The molecule has 1 aromatic rings. The summed E-state index contributed by atoms with van der Waals surface area (Å²) in [5.41, 5.74) is -0.179. The Balaban J connectivity index is 1.43. The molecule has 1 saturated heterocycles. The molecule has 1 saturated carbocycles. The molecular weight excluding hydrogens is 347 g/mol. The minimum atomic E-state index is -4.37. The van der Waals surface area contributed by atoms with E-state index in [0.29, 0.717) is 24.6 Å². The lowest BCUT2D eigenvalue weighted by atomic mass is 9.86. The van der Waals surface area contributed by atoms with Crippen molar-refractivity contribution in [2.75, 3.05) is 13.2 Å². The van der Waals surface area contributed by atoms with Crippen LogP contribution in [0, 0.1) is 5.92 Å². The fraction of sp³-hybridized carbons (Fsp3) is 0.632. The van der Waals surface area contributed by atoms with Gasteiger partial charge in [-0.25, -0.2) is 0 Å². The molecule has 1 aliphatic heterocycles. The monoisotopic (exact) mass is 371 g/mol. The van der Waals surface area contributed by atoms with Gasteiger partial charge in [-0.3, -0.25) is 4.79 Å². The van der Waals surface area contributed by atoms with E-state index >= 15 is 0 Å². The molecule has 1 aliphatic carbocycles. The number of hydrogen-bond donors (Lipinski definition) is 1. The predicted octanol–water partition coefficient (Wildman–Crippen LogP) is 3.69. The van der Waals surface area contributed by atoms with Gasteiger partial charge < -0.3 is 14.8 Å². The topological polar surface area (TPSA) is 47.6 Å². The predicted molar refractivity (Wildman–Crippen MR) is 89.3 cm³/mol. The molecule has 2 fully saturated rings. The van der Waals surface area contributed by atoms with E-state index in [1.165, 1.54) is 12.1 Å². The van der Waals surface area contributed by atoms with Crippen LogP contribution in [0.2, 0.25) is 0 Å². The zero-order chi connectivity index (χ0) is 18.8. The average Bonchev–Trinajstić information content (AvgIpc) is 2.99. The molecule has 0 radical (unpaired) electrons. The smallest absolute Gasteiger partial charge is 0.353 e. The van der Waals surface area contributed by atoms with Gasteiger partial charge in [0.15, 0.2) is 5.79 Å². The van der Waals surface area contributed by atoms with Crippen molar-refractivity contribution in [1.29, 1.82) is 0 Å². The van der Waals surface area contributed by atoms with Crippen molar-refractivity contribution in [2.24, 2.45) is 5.92 Å². The molecule has 7 heteroatoms. The lowest BCUT2D eigenvalue weighted by molar-refractivity contribution is -0.191. The maximum absolute atomic E-state index is 12.5. The molecule has 1 N–H and O–H groups in total. The van der Waals surface area contributed by atoms with Gasteiger partial charge in [-0.1, -0.05) is 19.1 Å². The molecule has 1 atom stereocenters. The molecule has 1 amide bonds. The number of halogens is 3. The van der Waals surface area contributed by atoms with Crippen molar-refractivity contribution in [3.05, 3.63) is 35.4 Å². The van der Waals surface area contributed by atoms with Crippen molar-refractivity contribution < 1.29 is 27.4 Å². The van der Waals surface area contributed by atoms with Gasteiger partial charge in [-0.05, 0) is 36.5 Å². The van der Waals surface area contributed by atoms with Crippen LogP contribution in [0.4, 0.5) is 13.2 Å². The second-order valence-electron chi connectivity index (χ2n) is 7.32. The van der Waals surface area contributed by atoms with E-state index in [2.05, 4.69) is 12.2 Å². The maximum Gasteiger partial charge on any atom is 0.416 e. The highest BCUT2D eigenvalue weighted by Gasteiger charge is 2.43. The summed E-state index contributed by atoms with van der Waals surface area (Å²) in [5, 5.41) is 2.78. The second-order valence-corrected chi connectivity index (χ2v) is 7.32. The summed E-state index contributed by atoms with van der Waals surface area (Å²) in [5.74, 6) is -0.0446. The van der Waals surface area contributed by atoms with Gasteiger partial charge in [-0.15, -0.1) is 0 Å². The summed E-state index contributed by atoms with van der Waals surface area (Å²) >= 11 is 0. The molecular formula is C19H24F3NO3. The summed E-state index contributed by atoms with van der Waals surface area (Å²) in [4.78, 5) is 12.0. The van der Waals surface area contributed by atoms with E-state index in [1.54, 1.807) is 0 Å². The fourth-order valence-electron chi connectivity index (χ4n) is 3.47. The van der Waals surface area contributed by atoms with Crippen molar-refractivity contribution in [1.82, 2.24) is 5.32 Å². The van der Waals surface area contributed by atoms with Crippen molar-refractivity contribution >= 4 is 5.91 Å². The van der Waals surface area contributed by atoms with Crippen LogP contribution >= 0.6 is 0 Å². The van der Waals surface area contributed by atoms with Crippen LogP contribution in [0.5, 0.6) is 0 Å². The Morgan fingerprint density at radius 2 is 1.88 bits per heavy atom. The highest BCUT2D eigenvalue weighted by molar-refractivity contribution is 5.78. The Hall–Kier alpha value is -1.60. The summed E-state index contributed by atoms with van der Waals surface area (Å²) < 4.78 is 49.5. The molecule has 144 valence electrons. The van der Waals surface area contributed by atoms with E-state index in [-0.39, 0.29) is 18.4 Å². The van der Waals surface area contributed by atoms with E-state index < -0.39 is 17.5 Å². The number of amides is 1. The van der Waals surface area contributed by atoms with Crippen LogP contribution in [0.25, 0.3) is 0 Å². The van der Waals surface area contributed by atoms with Gasteiger partial charge in [0.2, 0.25) is 5.91 Å². The Morgan fingerprint density at radius 1 is 1.23 bits per heavy atom. The number of carbonyl (C=O) groups is 1. The first-order valence-electron chi connectivity index (χ1n) is 9.00. The van der Waals surface area contributed by atoms with E-state index in [0.717, 1.165) is 37.8 Å². The molecule has 0 aromatic heterocycles. The first kappa shape index (κ1) is 19.2. The van der Waals surface area contributed by atoms with Crippen LogP contribution in [0.3, 0.4) is 0 Å². The fourth-order valence-corrected chi connectivity index (χ4v) is 3.47. The number of carbonyl (C=O) groups excluding carboxylic acids is 1. The van der Waals surface area contributed by atoms with Crippen molar-refractivity contribution in [2.45, 2.75) is 57.1 Å². The minimum absolute atomic E-state index is 0.0361. The lowest BCUT2D eigenvalue weighted by Gasteiger charge is -2.34. The van der Waals surface area contributed by atoms with Crippen molar-refractivity contribution in [3.63, 3.8) is 0 Å². The van der Waals surface area contributed by atoms with Crippen LogP contribution in [-0.2, 0) is 26.9 Å². The van der Waals surface area contributed by atoms with Crippen LogP contribution in [0.1, 0.15) is 43.7 Å². The molecule has 0 unspecified atom stereocenters. The SMILES string of the molecule is CC1CCC2(CC1)OC[C@H](CNC(=O)Cc1ccc(C(F)(F)F)cc1)O2. The average molecular weight is 371 g/mol. The van der Waals surface area contributed by atoms with Gasteiger partial charge in [-0.2, -0.15) is 13.2 Å². The first-order chi connectivity index (χ1) is 12.3. The highest BCUT2D eigenvalue weighted by atomic mass is 19.4. The van der Waals surface area contributed by atoms with Crippen LogP contribution < -0.4 is 5.32 Å². The normalized spacial score (nSPS) is 29.1. The van der Waals surface area contributed by atoms with Gasteiger partial charge >= 0.3 is 6.18 Å². The van der Waals surface area contributed by atoms with E-state index in [1.807, 2.05) is 0 Å². The van der Waals surface area contributed by atoms with Gasteiger partial charge in [0.1, 0.15) is 6.10 Å². The van der Waals surface area contributed by atoms with Gasteiger partial charge in [0, 0.05) is 19.4 Å². The molecule has 0 bridgehead atoms. The summed E-state index contributed by atoms with van der Waals surface area (Å²) in [7, 11) is 0. The number of alkyl halides is 3. The molecule has 1 spiro atoms. The third kappa shape index (κ3) is 4.76. The zero-order valence-corrected chi connectivity index (χ0v) is 14.8. The largest absolute Gasteiger partial charge is 0.416 e. The molecule has 1 heterocycles. The van der Waals surface area contributed by atoms with Gasteiger partial charge in [0.05, 0.1) is 18.6 Å². The molecule has 26 heavy (non-hydrogen) atoms. The van der Waals surface area contributed by atoms with Crippen LogP contribution in [-0.4, -0.2) is 30.9 Å². The van der Waals surface area contributed by atoms with Gasteiger partial charge in [0.25, 0.3) is 0 Å². The standard InChI is InChI=1S/C19H24F3NO3/c1-13-6-8-18(9-7-13)25-12-16(26-18)11-23-17(24)10-14-2-4-15(5-3-14)19(20,21)22/h2-5,13,16H,6-12H2,1H3,(H,23,24)/t13?,16-,18?/m0/s1. The number of benzene rings is 1. The molecule has 3 rings (SSSR count). The highest BCUT2D eigenvalue weighted by Crippen LogP contribution is 2.39. The molecule has 2 aliphatic rings. The Kier molecular flexibility index (Phi) is 5.58. The number of rotatable bonds is 4. The molecule has 1 aromatic carbocycles. The third-order valence-electron chi connectivity index (χ3n) is 5.12.